The van der Waals surface area contributed by atoms with Gasteiger partial charge in [-0.25, -0.2) is 0 Å². The molecule has 4 aliphatic rings. The van der Waals surface area contributed by atoms with E-state index in [0.29, 0.717) is 5.65 Å². The molecule has 5 nitrogen and oxygen atoms in total. The third-order valence-corrected chi connectivity index (χ3v) is 6.55. The number of allylic oxidation sites excluding steroid dienone is 2. The number of rotatable bonds is 4. The molecule has 0 unspecified atom stereocenters. The Labute approximate surface area is 140 Å². The first-order chi connectivity index (χ1) is 11.8. The fourth-order valence-corrected chi connectivity index (χ4v) is 4.81. The van der Waals surface area contributed by atoms with Crippen molar-refractivity contribution in [3.8, 4) is 0 Å². The first-order valence-corrected chi connectivity index (χ1v) is 9.46. The molecule has 4 aliphatic carbocycles. The molecule has 0 saturated heterocycles. The lowest BCUT2D eigenvalue weighted by molar-refractivity contribution is 0.530. The predicted molar refractivity (Wildman–Crippen MR) is 90.2 cm³/mol. The van der Waals surface area contributed by atoms with Crippen LogP contribution in [-0.4, -0.2) is 19.2 Å². The number of hydrogen-bond donors (Lipinski definition) is 0. The van der Waals surface area contributed by atoms with Crippen molar-refractivity contribution >= 4 is 5.65 Å². The van der Waals surface area contributed by atoms with Crippen LogP contribution in [0.25, 0.3) is 5.65 Å². The van der Waals surface area contributed by atoms with Crippen molar-refractivity contribution in [2.24, 2.45) is 5.92 Å². The fourth-order valence-electron chi connectivity index (χ4n) is 4.81. The summed E-state index contributed by atoms with van der Waals surface area (Å²) in [4.78, 5) is 13.1. The average molecular weight is 322 g/mol. The van der Waals surface area contributed by atoms with Gasteiger partial charge in [-0.15, -0.1) is 10.2 Å². The summed E-state index contributed by atoms with van der Waals surface area (Å²) in [5.74, 6) is 1.89. The standard InChI is InChI=1S/C19H22N4O/c24-17-16-20-21-18(19(9-10-19)13-7-8-13)23(16)15-4-2-1-3-14(15)22(17)11-12-5-6-12/h5,13H,1-4,6-11H2. The van der Waals surface area contributed by atoms with Crippen molar-refractivity contribution < 1.29 is 0 Å². The largest absolute Gasteiger partial charge is 0.304 e. The summed E-state index contributed by atoms with van der Waals surface area (Å²) in [6.07, 6.45) is 12.8. The van der Waals surface area contributed by atoms with E-state index < -0.39 is 0 Å². The second kappa shape index (κ2) is 4.38. The van der Waals surface area contributed by atoms with Gasteiger partial charge in [0.15, 0.2) is 0 Å². The summed E-state index contributed by atoms with van der Waals surface area (Å²) < 4.78 is 4.19. The van der Waals surface area contributed by atoms with Crippen molar-refractivity contribution in [3.05, 3.63) is 39.2 Å². The van der Waals surface area contributed by atoms with E-state index in [2.05, 4.69) is 20.7 Å². The van der Waals surface area contributed by atoms with Gasteiger partial charge in [0, 0.05) is 23.3 Å². The number of fused-ring (bicyclic) bond motifs is 3. The quantitative estimate of drug-likeness (QED) is 0.813. The van der Waals surface area contributed by atoms with Gasteiger partial charge < -0.3 is 4.57 Å². The molecule has 0 spiro atoms. The average Bonchev–Trinajstić information content (AvgIpc) is 3.44. The van der Waals surface area contributed by atoms with Gasteiger partial charge in [-0.3, -0.25) is 9.20 Å². The van der Waals surface area contributed by atoms with Crippen LogP contribution in [0, 0.1) is 5.92 Å². The monoisotopic (exact) mass is 322 g/mol. The highest BCUT2D eigenvalue weighted by Gasteiger charge is 2.58. The molecular formula is C19H22N4O. The van der Waals surface area contributed by atoms with E-state index in [1.54, 1.807) is 0 Å². The van der Waals surface area contributed by atoms with E-state index in [1.807, 2.05) is 4.57 Å². The lowest BCUT2D eigenvalue weighted by Crippen LogP contribution is -2.31. The molecule has 2 aromatic heterocycles. The lowest BCUT2D eigenvalue weighted by Gasteiger charge is -2.23. The predicted octanol–water partition coefficient (Wildman–Crippen LogP) is 2.54. The van der Waals surface area contributed by atoms with Crippen molar-refractivity contribution in [3.63, 3.8) is 0 Å². The molecule has 0 amide bonds. The molecule has 0 radical (unpaired) electrons. The van der Waals surface area contributed by atoms with E-state index in [4.69, 9.17) is 0 Å². The van der Waals surface area contributed by atoms with Gasteiger partial charge in [0.2, 0.25) is 5.65 Å². The van der Waals surface area contributed by atoms with Crippen LogP contribution < -0.4 is 5.56 Å². The third kappa shape index (κ3) is 1.73. The van der Waals surface area contributed by atoms with E-state index >= 15 is 0 Å². The van der Waals surface area contributed by atoms with E-state index in [9.17, 15) is 4.79 Å². The summed E-state index contributed by atoms with van der Waals surface area (Å²) in [6, 6.07) is 0. The molecule has 0 N–H and O–H groups in total. The minimum absolute atomic E-state index is 0.0637. The molecule has 2 heterocycles. The minimum atomic E-state index is 0.0637. The number of aryl methyl sites for hydroxylation is 1. The zero-order chi connectivity index (χ0) is 15.9. The van der Waals surface area contributed by atoms with Crippen LogP contribution in [0.1, 0.15) is 62.2 Å². The maximum absolute atomic E-state index is 13.1. The Morgan fingerprint density at radius 1 is 1.12 bits per heavy atom. The molecule has 5 heteroatoms. The smallest absolute Gasteiger partial charge is 0.296 e. The van der Waals surface area contributed by atoms with Gasteiger partial charge in [0.05, 0.1) is 0 Å². The van der Waals surface area contributed by atoms with Crippen LogP contribution in [0.5, 0.6) is 0 Å². The topological polar surface area (TPSA) is 52.2 Å². The molecule has 0 atom stereocenters. The minimum Gasteiger partial charge on any atom is -0.304 e. The van der Waals surface area contributed by atoms with Gasteiger partial charge in [0.1, 0.15) is 5.82 Å². The molecule has 24 heavy (non-hydrogen) atoms. The second-order valence-corrected chi connectivity index (χ2v) is 8.17. The van der Waals surface area contributed by atoms with Crippen molar-refractivity contribution in [2.45, 2.75) is 69.7 Å². The molecule has 2 aromatic rings. The Bertz CT molecular complexity index is 956. The normalized spacial score (nSPS) is 23.9. The Hall–Kier alpha value is -1.91. The number of hydrogen-bond acceptors (Lipinski definition) is 3. The Morgan fingerprint density at radius 2 is 1.88 bits per heavy atom. The number of nitrogens with zero attached hydrogens (tertiary/aromatic N) is 4. The maximum Gasteiger partial charge on any atom is 0.296 e. The second-order valence-electron chi connectivity index (χ2n) is 8.17. The van der Waals surface area contributed by atoms with Gasteiger partial charge in [-0.2, -0.15) is 0 Å². The van der Waals surface area contributed by atoms with Crippen molar-refractivity contribution in [1.29, 1.82) is 0 Å². The van der Waals surface area contributed by atoms with Gasteiger partial charge in [0.25, 0.3) is 5.56 Å². The van der Waals surface area contributed by atoms with Crippen LogP contribution in [0.4, 0.5) is 0 Å². The van der Waals surface area contributed by atoms with E-state index in [-0.39, 0.29) is 11.0 Å². The lowest BCUT2D eigenvalue weighted by atomic mass is 9.97. The molecule has 6 rings (SSSR count). The summed E-state index contributed by atoms with van der Waals surface area (Å²) in [5, 5.41) is 8.97. The molecule has 0 aromatic carbocycles. The van der Waals surface area contributed by atoms with Gasteiger partial charge in [-0.1, -0.05) is 11.6 Å². The zero-order valence-corrected chi connectivity index (χ0v) is 13.9. The zero-order valence-electron chi connectivity index (χ0n) is 13.9. The molecule has 0 bridgehead atoms. The molecule has 2 fully saturated rings. The van der Waals surface area contributed by atoms with Crippen molar-refractivity contribution in [2.75, 3.05) is 0 Å². The summed E-state index contributed by atoms with van der Waals surface area (Å²) >= 11 is 0. The fraction of sp³-hybridized carbons (Fsp3) is 0.632. The Morgan fingerprint density at radius 3 is 2.54 bits per heavy atom. The molecular weight excluding hydrogens is 300 g/mol. The molecule has 0 aliphatic heterocycles. The maximum atomic E-state index is 13.1. The number of aromatic nitrogens is 4. The van der Waals surface area contributed by atoms with Crippen molar-refractivity contribution in [1.82, 2.24) is 19.2 Å². The molecule has 124 valence electrons. The highest BCUT2D eigenvalue weighted by molar-refractivity contribution is 5.44. The van der Waals surface area contributed by atoms with Crippen LogP contribution in [0.15, 0.2) is 16.4 Å². The van der Waals surface area contributed by atoms with Crippen LogP contribution in [0.2, 0.25) is 0 Å². The highest BCUT2D eigenvalue weighted by atomic mass is 16.1. The summed E-state index contributed by atoms with van der Waals surface area (Å²) in [6.45, 7) is 0.758. The van der Waals surface area contributed by atoms with Gasteiger partial charge >= 0.3 is 0 Å². The summed E-state index contributed by atoms with van der Waals surface area (Å²) in [7, 11) is 0. The van der Waals surface area contributed by atoms with Crippen LogP contribution in [-0.2, 0) is 24.8 Å². The Balaban J connectivity index is 1.63. The van der Waals surface area contributed by atoms with Crippen LogP contribution in [0.3, 0.4) is 0 Å². The SMILES string of the molecule is O=c1c2nnc(C3(C4CC4)CC3)n2c2c(n1CC1=CC1)CCCC2. The first kappa shape index (κ1) is 13.4. The first-order valence-electron chi connectivity index (χ1n) is 9.46. The highest BCUT2D eigenvalue weighted by Crippen LogP contribution is 2.61. The third-order valence-electron chi connectivity index (χ3n) is 6.55. The van der Waals surface area contributed by atoms with E-state index in [0.717, 1.165) is 37.5 Å². The van der Waals surface area contributed by atoms with Crippen LogP contribution >= 0.6 is 0 Å². The van der Waals surface area contributed by atoms with E-state index in [1.165, 1.54) is 55.5 Å². The molecule has 2 saturated carbocycles. The summed E-state index contributed by atoms with van der Waals surface area (Å²) in [5.41, 5.74) is 4.82. The Kier molecular flexibility index (Phi) is 2.44. The van der Waals surface area contributed by atoms with Gasteiger partial charge in [-0.05, 0) is 63.7 Å².